The van der Waals surface area contributed by atoms with Crippen molar-refractivity contribution in [2.45, 2.75) is 40.0 Å². The van der Waals surface area contributed by atoms with Gasteiger partial charge in [-0.1, -0.05) is 6.92 Å². The standard InChI is InChI=1S/C21H25NO6/c1-6-27-21(25)16-12(4)22-13-9-10(2)15(20(24)26-5)19(23)17(13)18(16)14-8-7-11(3)28-14/h7-8,10,15,18,22H,6,9H2,1-5H3/t10-,15+,18-/m1/s1. The summed E-state index contributed by atoms with van der Waals surface area (Å²) in [6.07, 6.45) is 0.491. The topological polar surface area (TPSA) is 94.8 Å². The summed E-state index contributed by atoms with van der Waals surface area (Å²) in [4.78, 5) is 38.4. The predicted octanol–water partition coefficient (Wildman–Crippen LogP) is 2.76. The molecule has 0 fully saturated rings. The van der Waals surface area contributed by atoms with Crippen LogP contribution in [0.3, 0.4) is 0 Å². The SMILES string of the molecule is CCOC(=O)C1=C(C)NC2=C(C(=O)[C@@H](C(=O)OC)[C@H](C)C2)[C@@H]1c1ccc(C)o1. The Balaban J connectivity index is 2.16. The van der Waals surface area contributed by atoms with E-state index in [1.54, 1.807) is 32.9 Å². The molecule has 3 atom stereocenters. The van der Waals surface area contributed by atoms with Crippen LogP contribution in [-0.2, 0) is 23.9 Å². The van der Waals surface area contributed by atoms with Gasteiger partial charge in [0.05, 0.1) is 25.2 Å². The highest BCUT2D eigenvalue weighted by molar-refractivity contribution is 6.12. The summed E-state index contributed by atoms with van der Waals surface area (Å²) in [5.74, 6) is -2.15. The van der Waals surface area contributed by atoms with E-state index >= 15 is 0 Å². The van der Waals surface area contributed by atoms with Crippen LogP contribution in [0.1, 0.15) is 44.6 Å². The third-order valence-corrected chi connectivity index (χ3v) is 5.28. The molecule has 2 aliphatic rings. The monoisotopic (exact) mass is 387 g/mol. The van der Waals surface area contributed by atoms with Crippen LogP contribution in [-0.4, -0.2) is 31.4 Å². The van der Waals surface area contributed by atoms with E-state index < -0.39 is 23.8 Å². The minimum atomic E-state index is -0.911. The fourth-order valence-corrected chi connectivity index (χ4v) is 4.05. The molecule has 3 rings (SSSR count). The summed E-state index contributed by atoms with van der Waals surface area (Å²) < 4.78 is 15.9. The van der Waals surface area contributed by atoms with Crippen LogP contribution in [0.4, 0.5) is 0 Å². The molecule has 2 heterocycles. The van der Waals surface area contributed by atoms with E-state index in [9.17, 15) is 14.4 Å². The average Bonchev–Trinajstić information content (AvgIpc) is 3.06. The highest BCUT2D eigenvalue weighted by Gasteiger charge is 2.48. The van der Waals surface area contributed by atoms with Gasteiger partial charge in [-0.05, 0) is 45.2 Å². The molecule has 7 heteroatoms. The van der Waals surface area contributed by atoms with Gasteiger partial charge in [-0.15, -0.1) is 0 Å². The second-order valence-corrected chi connectivity index (χ2v) is 7.20. The molecule has 150 valence electrons. The molecule has 0 unspecified atom stereocenters. The Labute approximate surface area is 163 Å². The lowest BCUT2D eigenvalue weighted by molar-refractivity contribution is -0.151. The van der Waals surface area contributed by atoms with E-state index in [0.29, 0.717) is 40.5 Å². The van der Waals surface area contributed by atoms with Crippen LogP contribution in [0.5, 0.6) is 0 Å². The van der Waals surface area contributed by atoms with Crippen molar-refractivity contribution in [2.24, 2.45) is 11.8 Å². The number of carbonyl (C=O) groups excluding carboxylic acids is 3. The number of allylic oxidation sites excluding steroid dienone is 3. The second kappa shape index (κ2) is 7.66. The van der Waals surface area contributed by atoms with Crippen LogP contribution < -0.4 is 5.32 Å². The highest BCUT2D eigenvalue weighted by Crippen LogP contribution is 2.45. The third-order valence-electron chi connectivity index (χ3n) is 5.28. The lowest BCUT2D eigenvalue weighted by atomic mass is 9.70. The maximum absolute atomic E-state index is 13.4. The zero-order valence-corrected chi connectivity index (χ0v) is 16.8. The van der Waals surface area contributed by atoms with Gasteiger partial charge < -0.3 is 19.2 Å². The Morgan fingerprint density at radius 2 is 2.00 bits per heavy atom. The first-order valence-electron chi connectivity index (χ1n) is 9.36. The van der Waals surface area contributed by atoms with Gasteiger partial charge >= 0.3 is 11.9 Å². The molecule has 1 N–H and O–H groups in total. The molecule has 1 aliphatic carbocycles. The first-order chi connectivity index (χ1) is 13.3. The van der Waals surface area contributed by atoms with Crippen molar-refractivity contribution in [3.63, 3.8) is 0 Å². The summed E-state index contributed by atoms with van der Waals surface area (Å²) in [7, 11) is 1.27. The Morgan fingerprint density at radius 3 is 2.57 bits per heavy atom. The number of rotatable bonds is 4. The number of ether oxygens (including phenoxy) is 2. The van der Waals surface area contributed by atoms with Gasteiger partial charge in [0.2, 0.25) is 0 Å². The molecule has 0 bridgehead atoms. The number of ketones is 1. The molecule has 7 nitrogen and oxygen atoms in total. The molecule has 1 aromatic heterocycles. The van der Waals surface area contributed by atoms with E-state index in [1.807, 2.05) is 6.92 Å². The van der Waals surface area contributed by atoms with Gasteiger partial charge in [0.15, 0.2) is 5.78 Å². The first kappa shape index (κ1) is 19.9. The van der Waals surface area contributed by atoms with E-state index in [2.05, 4.69) is 5.32 Å². The molecular formula is C21H25NO6. The number of carbonyl (C=O) groups is 3. The maximum atomic E-state index is 13.4. The molecule has 0 spiro atoms. The maximum Gasteiger partial charge on any atom is 0.336 e. The molecule has 0 aromatic carbocycles. The van der Waals surface area contributed by atoms with Crippen molar-refractivity contribution in [2.75, 3.05) is 13.7 Å². The Morgan fingerprint density at radius 1 is 1.29 bits per heavy atom. The van der Waals surface area contributed by atoms with Crippen LogP contribution in [0, 0.1) is 18.8 Å². The van der Waals surface area contributed by atoms with Crippen molar-refractivity contribution in [3.8, 4) is 0 Å². The number of esters is 2. The molecule has 0 saturated heterocycles. The number of Topliss-reactive ketones (excluding diaryl/α,β-unsaturated/α-hetero) is 1. The zero-order chi connectivity index (χ0) is 20.6. The minimum Gasteiger partial charge on any atom is -0.468 e. The summed E-state index contributed by atoms with van der Waals surface area (Å²) in [5.41, 5.74) is 2.02. The molecule has 0 amide bonds. The Kier molecular flexibility index (Phi) is 5.45. The summed E-state index contributed by atoms with van der Waals surface area (Å²) in [6.45, 7) is 7.35. The normalized spacial score (nSPS) is 24.6. The van der Waals surface area contributed by atoms with Crippen LogP contribution in [0.15, 0.2) is 39.1 Å². The molecule has 0 saturated carbocycles. The largest absolute Gasteiger partial charge is 0.468 e. The fourth-order valence-electron chi connectivity index (χ4n) is 4.05. The van der Waals surface area contributed by atoms with E-state index in [0.717, 1.165) is 0 Å². The summed E-state index contributed by atoms with van der Waals surface area (Å²) in [6, 6.07) is 3.53. The lowest BCUT2D eigenvalue weighted by Crippen LogP contribution is -2.43. The van der Waals surface area contributed by atoms with Gasteiger partial charge in [-0.25, -0.2) is 4.79 Å². The molecule has 28 heavy (non-hydrogen) atoms. The smallest absolute Gasteiger partial charge is 0.336 e. The average molecular weight is 387 g/mol. The number of furan rings is 1. The van der Waals surface area contributed by atoms with E-state index in [1.165, 1.54) is 7.11 Å². The van der Waals surface area contributed by atoms with Gasteiger partial charge in [-0.3, -0.25) is 9.59 Å². The van der Waals surface area contributed by atoms with Crippen LogP contribution in [0.25, 0.3) is 0 Å². The summed E-state index contributed by atoms with van der Waals surface area (Å²) in [5, 5.41) is 3.20. The zero-order valence-electron chi connectivity index (χ0n) is 16.8. The second-order valence-electron chi connectivity index (χ2n) is 7.20. The molecule has 1 aromatic rings. The molecule has 0 radical (unpaired) electrons. The third kappa shape index (κ3) is 3.25. The van der Waals surface area contributed by atoms with Crippen LogP contribution >= 0.6 is 0 Å². The fraction of sp³-hybridized carbons (Fsp3) is 0.476. The highest BCUT2D eigenvalue weighted by atomic mass is 16.5. The number of dihydropyridines is 1. The number of hydrogen-bond donors (Lipinski definition) is 1. The van der Waals surface area contributed by atoms with Crippen LogP contribution in [0.2, 0.25) is 0 Å². The quantitative estimate of drug-likeness (QED) is 0.627. The number of methoxy groups -OCH3 is 1. The van der Waals surface area contributed by atoms with E-state index in [-0.39, 0.29) is 18.3 Å². The first-order valence-corrected chi connectivity index (χ1v) is 9.36. The van der Waals surface area contributed by atoms with Crippen molar-refractivity contribution < 1.29 is 28.3 Å². The van der Waals surface area contributed by atoms with Crippen molar-refractivity contribution in [1.82, 2.24) is 5.32 Å². The van der Waals surface area contributed by atoms with Gasteiger partial charge in [0, 0.05) is 17.0 Å². The van der Waals surface area contributed by atoms with E-state index in [4.69, 9.17) is 13.9 Å². The number of nitrogens with one attached hydrogen (secondary N) is 1. The van der Waals surface area contributed by atoms with Gasteiger partial charge in [0.25, 0.3) is 0 Å². The predicted molar refractivity (Wildman–Crippen MR) is 100.0 cm³/mol. The van der Waals surface area contributed by atoms with Gasteiger partial charge in [-0.2, -0.15) is 0 Å². The molecular weight excluding hydrogens is 362 g/mol. The van der Waals surface area contributed by atoms with Gasteiger partial charge in [0.1, 0.15) is 17.4 Å². The number of aryl methyl sites for hydroxylation is 1. The Hall–Kier alpha value is -2.83. The minimum absolute atomic E-state index is 0.210. The molecule has 1 aliphatic heterocycles. The summed E-state index contributed by atoms with van der Waals surface area (Å²) >= 11 is 0. The number of hydrogen-bond acceptors (Lipinski definition) is 7. The Bertz CT molecular complexity index is 890. The van der Waals surface area contributed by atoms with Crippen molar-refractivity contribution >= 4 is 17.7 Å². The van der Waals surface area contributed by atoms with Crippen molar-refractivity contribution in [1.29, 1.82) is 0 Å². The van der Waals surface area contributed by atoms with Crippen molar-refractivity contribution in [3.05, 3.63) is 46.2 Å². The lowest BCUT2D eigenvalue weighted by Gasteiger charge is -2.37.